The second-order valence-electron chi connectivity index (χ2n) is 2.69. The Balaban J connectivity index is 2.85. The molecule has 0 heterocycles. The van der Waals surface area contributed by atoms with Gasteiger partial charge < -0.3 is 5.32 Å². The van der Waals surface area contributed by atoms with Crippen molar-refractivity contribution in [2.24, 2.45) is 0 Å². The van der Waals surface area contributed by atoms with E-state index in [0.29, 0.717) is 11.3 Å². The van der Waals surface area contributed by atoms with Crippen LogP contribution in [0.3, 0.4) is 0 Å². The molecule has 0 unspecified atom stereocenters. The highest BCUT2D eigenvalue weighted by molar-refractivity contribution is 6.33. The fourth-order valence-corrected chi connectivity index (χ4v) is 1.18. The minimum Gasteiger partial charge on any atom is -0.324 e. The van der Waals surface area contributed by atoms with Gasteiger partial charge in [0.05, 0.1) is 28.4 Å². The van der Waals surface area contributed by atoms with E-state index in [4.69, 9.17) is 22.1 Å². The summed E-state index contributed by atoms with van der Waals surface area (Å²) in [4.78, 5) is 11.1. The molecule has 1 N–H and O–H groups in total. The normalized spacial score (nSPS) is 8.73. The summed E-state index contributed by atoms with van der Waals surface area (Å²) in [5, 5.41) is 19.6. The Morgan fingerprint density at radius 2 is 2.20 bits per heavy atom. The van der Waals surface area contributed by atoms with E-state index in [1.165, 1.54) is 18.2 Å². The van der Waals surface area contributed by atoms with E-state index in [2.05, 4.69) is 5.32 Å². The van der Waals surface area contributed by atoms with E-state index in [1.54, 1.807) is 6.07 Å². The highest BCUT2D eigenvalue weighted by Crippen LogP contribution is 2.22. The van der Waals surface area contributed by atoms with E-state index >= 15 is 0 Å². The molecule has 0 aromatic heterocycles. The molecule has 0 fully saturated rings. The highest BCUT2D eigenvalue weighted by Gasteiger charge is 2.05. The Bertz CT molecular complexity index is 471. The maximum atomic E-state index is 11.1. The van der Waals surface area contributed by atoms with Gasteiger partial charge in [0.15, 0.2) is 0 Å². The van der Waals surface area contributed by atoms with Crippen molar-refractivity contribution in [1.82, 2.24) is 0 Å². The van der Waals surface area contributed by atoms with Crippen LogP contribution in [-0.4, -0.2) is 5.91 Å². The summed E-state index contributed by atoms with van der Waals surface area (Å²) >= 11 is 5.80. The molecular formula is C10H6ClN3O. The van der Waals surface area contributed by atoms with Gasteiger partial charge in [0.1, 0.15) is 6.42 Å². The van der Waals surface area contributed by atoms with Crippen LogP contribution in [0.15, 0.2) is 18.2 Å². The lowest BCUT2D eigenvalue weighted by molar-refractivity contribution is -0.115. The lowest BCUT2D eigenvalue weighted by Crippen LogP contribution is -2.10. The topological polar surface area (TPSA) is 76.7 Å². The lowest BCUT2D eigenvalue weighted by atomic mass is 10.2. The number of carbonyl (C=O) groups is 1. The van der Waals surface area contributed by atoms with E-state index in [1.807, 2.05) is 6.07 Å². The molecule has 0 saturated heterocycles. The second kappa shape index (κ2) is 4.99. The molecule has 0 atom stereocenters. The maximum absolute atomic E-state index is 11.1. The average Bonchev–Trinajstić information content (AvgIpc) is 2.21. The van der Waals surface area contributed by atoms with Gasteiger partial charge in [-0.3, -0.25) is 4.79 Å². The quantitative estimate of drug-likeness (QED) is 0.827. The number of rotatable bonds is 2. The predicted octanol–water partition coefficient (Wildman–Crippen LogP) is 2.06. The van der Waals surface area contributed by atoms with Gasteiger partial charge in [-0.15, -0.1) is 0 Å². The number of hydrogen-bond donors (Lipinski definition) is 1. The van der Waals surface area contributed by atoms with Crippen LogP contribution in [0.4, 0.5) is 5.69 Å². The number of nitrogens with zero attached hydrogens (tertiary/aromatic N) is 2. The van der Waals surface area contributed by atoms with Gasteiger partial charge in [-0.2, -0.15) is 10.5 Å². The monoisotopic (exact) mass is 219 g/mol. The van der Waals surface area contributed by atoms with Crippen LogP contribution in [0.25, 0.3) is 0 Å². The van der Waals surface area contributed by atoms with Gasteiger partial charge in [0.2, 0.25) is 5.91 Å². The van der Waals surface area contributed by atoms with Gasteiger partial charge in [0.25, 0.3) is 0 Å². The molecule has 0 aliphatic rings. The van der Waals surface area contributed by atoms with Crippen molar-refractivity contribution in [3.05, 3.63) is 28.8 Å². The van der Waals surface area contributed by atoms with Crippen molar-refractivity contribution < 1.29 is 4.79 Å². The molecule has 15 heavy (non-hydrogen) atoms. The van der Waals surface area contributed by atoms with Crippen molar-refractivity contribution in [3.63, 3.8) is 0 Å². The number of carbonyl (C=O) groups excluding carboxylic acids is 1. The molecule has 4 nitrogen and oxygen atoms in total. The molecule has 1 aromatic rings. The summed E-state index contributed by atoms with van der Waals surface area (Å²) in [6, 6.07) is 8.15. The van der Waals surface area contributed by atoms with Crippen molar-refractivity contribution in [3.8, 4) is 12.1 Å². The predicted molar refractivity (Wildman–Crippen MR) is 55.0 cm³/mol. The molecule has 0 saturated carbocycles. The molecule has 0 bridgehead atoms. The number of anilines is 1. The highest BCUT2D eigenvalue weighted by atomic mass is 35.5. The van der Waals surface area contributed by atoms with Gasteiger partial charge in [-0.25, -0.2) is 0 Å². The van der Waals surface area contributed by atoms with Crippen molar-refractivity contribution >= 4 is 23.2 Å². The Hall–Kier alpha value is -2.04. The lowest BCUT2D eigenvalue weighted by Gasteiger charge is -2.04. The first-order valence-electron chi connectivity index (χ1n) is 4.04. The molecule has 1 aromatic carbocycles. The van der Waals surface area contributed by atoms with Crippen LogP contribution < -0.4 is 5.32 Å². The van der Waals surface area contributed by atoms with E-state index in [-0.39, 0.29) is 11.4 Å². The maximum Gasteiger partial charge on any atom is 0.238 e. The number of nitriles is 2. The van der Waals surface area contributed by atoms with Crippen LogP contribution >= 0.6 is 11.6 Å². The second-order valence-corrected chi connectivity index (χ2v) is 3.10. The molecule has 1 rings (SSSR count). The van der Waals surface area contributed by atoms with Crippen molar-refractivity contribution in [2.45, 2.75) is 6.42 Å². The minimum absolute atomic E-state index is 0.226. The molecular weight excluding hydrogens is 214 g/mol. The molecule has 0 radical (unpaired) electrons. The number of benzene rings is 1. The molecule has 74 valence electrons. The summed E-state index contributed by atoms with van der Waals surface area (Å²) in [5.74, 6) is -0.427. The number of nitrogens with one attached hydrogen (secondary N) is 1. The van der Waals surface area contributed by atoms with E-state index in [9.17, 15) is 4.79 Å². The zero-order valence-electron chi connectivity index (χ0n) is 7.62. The standard InChI is InChI=1S/C10H6ClN3O/c11-8-5-7(6-13)1-2-9(8)14-10(15)3-4-12/h1-2,5H,3H2,(H,14,15). The average molecular weight is 220 g/mol. The van der Waals surface area contributed by atoms with Gasteiger partial charge in [-0.1, -0.05) is 11.6 Å². The third kappa shape index (κ3) is 2.98. The number of amides is 1. The molecule has 5 heteroatoms. The van der Waals surface area contributed by atoms with E-state index in [0.717, 1.165) is 0 Å². The Morgan fingerprint density at radius 1 is 1.47 bits per heavy atom. The van der Waals surface area contributed by atoms with Crippen LogP contribution in [0.2, 0.25) is 5.02 Å². The van der Waals surface area contributed by atoms with Crippen LogP contribution in [0, 0.1) is 22.7 Å². The smallest absolute Gasteiger partial charge is 0.238 e. The fraction of sp³-hybridized carbons (Fsp3) is 0.100. The van der Waals surface area contributed by atoms with Gasteiger partial charge in [-0.05, 0) is 18.2 Å². The van der Waals surface area contributed by atoms with Crippen LogP contribution in [0.1, 0.15) is 12.0 Å². The first-order chi connectivity index (χ1) is 7.17. The van der Waals surface area contributed by atoms with Gasteiger partial charge in [0, 0.05) is 0 Å². The molecule has 1 amide bonds. The Labute approximate surface area is 91.7 Å². The molecule has 0 aliphatic heterocycles. The number of halogens is 1. The summed E-state index contributed by atoms with van der Waals surface area (Å²) in [7, 11) is 0. The van der Waals surface area contributed by atoms with Crippen molar-refractivity contribution in [1.29, 1.82) is 10.5 Å². The van der Waals surface area contributed by atoms with E-state index < -0.39 is 5.91 Å². The third-order valence-electron chi connectivity index (χ3n) is 1.61. The fourth-order valence-electron chi connectivity index (χ4n) is 0.952. The summed E-state index contributed by atoms with van der Waals surface area (Å²) in [6.07, 6.45) is -0.226. The largest absolute Gasteiger partial charge is 0.324 e. The zero-order valence-corrected chi connectivity index (χ0v) is 8.38. The molecule has 0 aliphatic carbocycles. The first-order valence-corrected chi connectivity index (χ1v) is 4.41. The molecule has 0 spiro atoms. The van der Waals surface area contributed by atoms with Crippen molar-refractivity contribution in [2.75, 3.05) is 5.32 Å². The van der Waals surface area contributed by atoms with Gasteiger partial charge >= 0.3 is 0 Å². The number of hydrogen-bond acceptors (Lipinski definition) is 3. The third-order valence-corrected chi connectivity index (χ3v) is 1.92. The van der Waals surface area contributed by atoms with Crippen LogP contribution in [-0.2, 0) is 4.79 Å². The SMILES string of the molecule is N#CCC(=O)Nc1ccc(C#N)cc1Cl. The van der Waals surface area contributed by atoms with Crippen LogP contribution in [0.5, 0.6) is 0 Å². The Kier molecular flexibility index (Phi) is 3.68. The summed E-state index contributed by atoms with van der Waals surface area (Å²) in [5.41, 5.74) is 0.814. The summed E-state index contributed by atoms with van der Waals surface area (Å²) in [6.45, 7) is 0. The zero-order chi connectivity index (χ0) is 11.3. The Morgan fingerprint density at radius 3 is 2.73 bits per heavy atom. The minimum atomic E-state index is -0.427. The first kappa shape index (κ1) is 11.0. The summed E-state index contributed by atoms with van der Waals surface area (Å²) < 4.78 is 0.